The minimum absolute atomic E-state index is 0.0761. The number of hydrogen-bond donors (Lipinski definition) is 1. The molecule has 0 saturated heterocycles. The number of nitrogens with one attached hydrogen (secondary N) is 1. The molecule has 0 unspecified atom stereocenters. The third kappa shape index (κ3) is 6.00. The van der Waals surface area contributed by atoms with E-state index >= 15 is 0 Å². The number of benzene rings is 2. The first kappa shape index (κ1) is 23.1. The minimum Gasteiger partial charge on any atom is -0.482 e. The summed E-state index contributed by atoms with van der Waals surface area (Å²) in [5.41, 5.74) is 1.69. The number of esters is 1. The van der Waals surface area contributed by atoms with Gasteiger partial charge in [-0.25, -0.2) is 9.59 Å². The molecule has 32 heavy (non-hydrogen) atoms. The van der Waals surface area contributed by atoms with Crippen LogP contribution in [0.4, 0.5) is 16.2 Å². The molecule has 1 aliphatic rings. The van der Waals surface area contributed by atoms with Gasteiger partial charge >= 0.3 is 12.1 Å². The summed E-state index contributed by atoms with van der Waals surface area (Å²) in [6, 6.07) is 12.0. The molecule has 0 aromatic heterocycles. The number of fused-ring (bicyclic) bond motifs is 1. The Hall–Kier alpha value is -3.55. The van der Waals surface area contributed by atoms with Gasteiger partial charge in [0.2, 0.25) is 0 Å². The molecule has 1 N–H and O–H groups in total. The zero-order chi connectivity index (χ0) is 23.3. The largest absolute Gasteiger partial charge is 0.482 e. The zero-order valence-electron chi connectivity index (χ0n) is 18.8. The fraction of sp³-hybridized carbons (Fsp3) is 0.375. The molecule has 0 fully saturated rings. The molecule has 0 aliphatic carbocycles. The molecule has 8 heteroatoms. The smallest absolute Gasteiger partial charge is 0.412 e. The normalized spacial score (nSPS) is 13.1. The Morgan fingerprint density at radius 2 is 1.84 bits per heavy atom. The van der Waals surface area contributed by atoms with Crippen LogP contribution in [0.25, 0.3) is 0 Å². The van der Waals surface area contributed by atoms with Gasteiger partial charge in [0.1, 0.15) is 11.4 Å². The molecule has 1 aliphatic heterocycles. The molecule has 0 spiro atoms. The first-order chi connectivity index (χ1) is 15.2. The predicted molar refractivity (Wildman–Crippen MR) is 120 cm³/mol. The number of nitrogens with zero attached hydrogens (tertiary/aromatic N) is 1. The van der Waals surface area contributed by atoms with E-state index in [1.165, 1.54) is 0 Å². The molecule has 0 bridgehead atoms. The Morgan fingerprint density at radius 3 is 2.50 bits per heavy atom. The van der Waals surface area contributed by atoms with Gasteiger partial charge in [-0.2, -0.15) is 0 Å². The van der Waals surface area contributed by atoms with Crippen molar-refractivity contribution in [3.05, 3.63) is 53.6 Å². The van der Waals surface area contributed by atoms with Gasteiger partial charge in [0.15, 0.2) is 6.61 Å². The van der Waals surface area contributed by atoms with Gasteiger partial charge in [-0.15, -0.1) is 0 Å². The van der Waals surface area contributed by atoms with E-state index in [4.69, 9.17) is 14.2 Å². The van der Waals surface area contributed by atoms with Crippen LogP contribution in [0, 0.1) is 0 Å². The maximum atomic E-state index is 12.6. The van der Waals surface area contributed by atoms with E-state index in [1.54, 1.807) is 68.1 Å². The summed E-state index contributed by atoms with van der Waals surface area (Å²) < 4.78 is 16.0. The van der Waals surface area contributed by atoms with Gasteiger partial charge in [0, 0.05) is 5.69 Å². The second kappa shape index (κ2) is 9.72. The molecule has 170 valence electrons. The lowest BCUT2D eigenvalue weighted by molar-refractivity contribution is -0.121. The van der Waals surface area contributed by atoms with E-state index in [2.05, 4.69) is 5.32 Å². The Morgan fingerprint density at radius 1 is 1.12 bits per heavy atom. The van der Waals surface area contributed by atoms with E-state index in [-0.39, 0.29) is 25.0 Å². The topological polar surface area (TPSA) is 94.2 Å². The van der Waals surface area contributed by atoms with Crippen molar-refractivity contribution in [1.29, 1.82) is 0 Å². The summed E-state index contributed by atoms with van der Waals surface area (Å²) in [5.74, 6) is -0.0403. The average molecular weight is 440 g/mol. The molecule has 2 aromatic rings. The van der Waals surface area contributed by atoms with Crippen molar-refractivity contribution < 1.29 is 28.6 Å². The summed E-state index contributed by atoms with van der Waals surface area (Å²) in [6.07, 6.45) is 0.172. The molecule has 1 heterocycles. The molecular formula is C24H28N2O6. The molecule has 8 nitrogen and oxygen atoms in total. The molecule has 2 aromatic carbocycles. The predicted octanol–water partition coefficient (Wildman–Crippen LogP) is 4.53. The van der Waals surface area contributed by atoms with Crippen LogP contribution in [0.1, 0.15) is 50.0 Å². The van der Waals surface area contributed by atoms with E-state index < -0.39 is 11.7 Å². The Balaban J connectivity index is 1.76. The van der Waals surface area contributed by atoms with Crippen LogP contribution in [0.15, 0.2) is 42.5 Å². The van der Waals surface area contributed by atoms with Crippen molar-refractivity contribution in [1.82, 2.24) is 0 Å². The number of carbonyl (C=O) groups is 3. The number of ether oxygens (including phenoxy) is 3. The molecule has 0 radical (unpaired) electrons. The van der Waals surface area contributed by atoms with E-state index in [0.717, 1.165) is 12.0 Å². The lowest BCUT2D eigenvalue weighted by Crippen LogP contribution is -2.38. The van der Waals surface area contributed by atoms with Crippen molar-refractivity contribution in [2.75, 3.05) is 23.4 Å². The second-order valence-electron chi connectivity index (χ2n) is 8.41. The lowest BCUT2D eigenvalue weighted by atomic mass is 10.1. The van der Waals surface area contributed by atoms with E-state index in [1.807, 2.05) is 6.92 Å². The minimum atomic E-state index is -0.626. The maximum absolute atomic E-state index is 12.6. The highest BCUT2D eigenvalue weighted by molar-refractivity contribution is 5.99. The van der Waals surface area contributed by atoms with Crippen LogP contribution >= 0.6 is 0 Å². The zero-order valence-corrected chi connectivity index (χ0v) is 18.8. The fourth-order valence-corrected chi connectivity index (χ4v) is 3.08. The van der Waals surface area contributed by atoms with Gasteiger partial charge in [0.05, 0.1) is 24.4 Å². The summed E-state index contributed by atoms with van der Waals surface area (Å²) in [4.78, 5) is 38.3. The van der Waals surface area contributed by atoms with E-state index in [9.17, 15) is 14.4 Å². The fourth-order valence-electron chi connectivity index (χ4n) is 3.08. The Bertz CT molecular complexity index is 995. The molecule has 2 amide bonds. The lowest BCUT2D eigenvalue weighted by Gasteiger charge is -2.30. The molecule has 0 saturated carbocycles. The van der Waals surface area contributed by atoms with E-state index in [0.29, 0.717) is 29.3 Å². The first-order valence-corrected chi connectivity index (χ1v) is 10.5. The highest BCUT2D eigenvalue weighted by Gasteiger charge is 2.26. The van der Waals surface area contributed by atoms with Gasteiger partial charge in [0.25, 0.3) is 5.91 Å². The van der Waals surface area contributed by atoms with Crippen molar-refractivity contribution in [3.8, 4) is 5.75 Å². The number of hydrogen-bond acceptors (Lipinski definition) is 6. The Kier molecular flexibility index (Phi) is 7.02. The monoisotopic (exact) mass is 440 g/mol. The standard InChI is InChI=1S/C24H28N2O6/c1-5-12-30-22(28)17-8-6-16(7-9-17)14-26-19-13-18(25-23(29)32-24(2,3)4)10-11-20(19)31-15-21(26)27/h6-11,13H,5,12,14-15H2,1-4H3,(H,25,29). The van der Waals surface area contributed by atoms with Crippen molar-refractivity contribution >= 4 is 29.3 Å². The van der Waals surface area contributed by atoms with Crippen LogP contribution in [0.2, 0.25) is 0 Å². The number of carbonyl (C=O) groups excluding carboxylic acids is 3. The van der Waals surface area contributed by atoms with Crippen LogP contribution in [0.3, 0.4) is 0 Å². The van der Waals surface area contributed by atoms with Crippen molar-refractivity contribution in [3.63, 3.8) is 0 Å². The highest BCUT2D eigenvalue weighted by atomic mass is 16.6. The summed E-state index contributed by atoms with van der Waals surface area (Å²) in [7, 11) is 0. The van der Waals surface area contributed by atoms with Gasteiger partial charge in [-0.3, -0.25) is 10.1 Å². The van der Waals surface area contributed by atoms with Crippen LogP contribution in [-0.4, -0.2) is 36.8 Å². The maximum Gasteiger partial charge on any atom is 0.412 e. The Labute approximate surface area is 187 Å². The van der Waals surface area contributed by atoms with Crippen molar-refractivity contribution in [2.45, 2.75) is 46.3 Å². The van der Waals surface area contributed by atoms with Crippen LogP contribution in [-0.2, 0) is 20.8 Å². The number of amides is 2. The SMILES string of the molecule is CCCOC(=O)c1ccc(CN2C(=O)COc3ccc(NC(=O)OC(C)(C)C)cc32)cc1. The summed E-state index contributed by atoms with van der Waals surface area (Å²) >= 11 is 0. The number of anilines is 2. The second-order valence-corrected chi connectivity index (χ2v) is 8.41. The number of rotatable bonds is 6. The third-order valence-electron chi connectivity index (χ3n) is 4.51. The van der Waals surface area contributed by atoms with Gasteiger partial charge in [-0.1, -0.05) is 19.1 Å². The van der Waals surface area contributed by atoms with Gasteiger partial charge < -0.3 is 19.1 Å². The van der Waals surface area contributed by atoms with Crippen LogP contribution < -0.4 is 15.0 Å². The molecule has 3 rings (SSSR count). The highest BCUT2D eigenvalue weighted by Crippen LogP contribution is 2.35. The average Bonchev–Trinajstić information content (AvgIpc) is 2.73. The molecular weight excluding hydrogens is 412 g/mol. The quantitative estimate of drug-likeness (QED) is 0.664. The van der Waals surface area contributed by atoms with Crippen LogP contribution in [0.5, 0.6) is 5.75 Å². The summed E-state index contributed by atoms with van der Waals surface area (Å²) in [6.45, 7) is 7.86. The van der Waals surface area contributed by atoms with Crippen molar-refractivity contribution in [2.24, 2.45) is 0 Å². The summed E-state index contributed by atoms with van der Waals surface area (Å²) in [5, 5.41) is 2.68. The third-order valence-corrected chi connectivity index (χ3v) is 4.51. The van der Waals surface area contributed by atoms with Gasteiger partial charge in [-0.05, 0) is 63.1 Å². The molecule has 0 atom stereocenters. The first-order valence-electron chi connectivity index (χ1n) is 10.5.